The average molecular weight is 386 g/mol. The van der Waals surface area contributed by atoms with Gasteiger partial charge in [-0.25, -0.2) is 9.78 Å². The maximum Gasteiger partial charge on any atom is 0.356 e. The van der Waals surface area contributed by atoms with Crippen LogP contribution in [0.15, 0.2) is 36.5 Å². The summed E-state index contributed by atoms with van der Waals surface area (Å²) in [5, 5.41) is 10.9. The van der Waals surface area contributed by atoms with E-state index >= 15 is 0 Å². The predicted molar refractivity (Wildman–Crippen MR) is 101 cm³/mol. The topological polar surface area (TPSA) is 101 Å². The van der Waals surface area contributed by atoms with Gasteiger partial charge in [-0.1, -0.05) is 0 Å². The molecule has 0 N–H and O–H groups in total. The molecular weight excluding hydrogens is 364 g/mol. The summed E-state index contributed by atoms with van der Waals surface area (Å²) in [4.78, 5) is 26.7. The van der Waals surface area contributed by atoms with Crippen molar-refractivity contribution in [1.82, 2.24) is 4.98 Å². The highest BCUT2D eigenvalue weighted by molar-refractivity contribution is 5.89. The molecule has 3 rings (SSSR count). The van der Waals surface area contributed by atoms with Gasteiger partial charge in [-0.3, -0.25) is 10.1 Å². The van der Waals surface area contributed by atoms with Crippen molar-refractivity contribution in [3.05, 3.63) is 57.9 Å². The highest BCUT2D eigenvalue weighted by atomic mass is 16.7. The maximum atomic E-state index is 12.1. The molecule has 148 valence electrons. The maximum absolute atomic E-state index is 12.1. The van der Waals surface area contributed by atoms with Crippen molar-refractivity contribution >= 4 is 11.7 Å². The molecule has 1 unspecified atom stereocenters. The summed E-state index contributed by atoms with van der Waals surface area (Å²) in [7, 11) is 0. The van der Waals surface area contributed by atoms with E-state index in [0.29, 0.717) is 19.6 Å². The van der Waals surface area contributed by atoms with Crippen LogP contribution in [-0.4, -0.2) is 42.0 Å². The molecule has 1 saturated heterocycles. The molecule has 0 bridgehead atoms. The minimum atomic E-state index is -0.507. The molecular formula is C20H22N2O6. The molecule has 2 aromatic rings. The van der Waals surface area contributed by atoms with Gasteiger partial charge in [0.25, 0.3) is 5.69 Å². The number of rotatable bonds is 8. The van der Waals surface area contributed by atoms with Gasteiger partial charge in [0.05, 0.1) is 18.1 Å². The van der Waals surface area contributed by atoms with E-state index < -0.39 is 10.9 Å². The summed E-state index contributed by atoms with van der Waals surface area (Å²) in [5.41, 5.74) is 2.60. The molecule has 1 aliphatic rings. The number of aromatic nitrogens is 1. The van der Waals surface area contributed by atoms with Crippen molar-refractivity contribution in [3.8, 4) is 11.1 Å². The van der Waals surface area contributed by atoms with Crippen molar-refractivity contribution in [2.24, 2.45) is 0 Å². The molecule has 0 aliphatic carbocycles. The number of nitro groups is 1. The van der Waals surface area contributed by atoms with Crippen LogP contribution in [-0.2, 0) is 20.6 Å². The first kappa shape index (κ1) is 19.9. The van der Waals surface area contributed by atoms with Crippen molar-refractivity contribution in [2.75, 3.05) is 19.8 Å². The number of nitrogens with zero attached hydrogens (tertiary/aromatic N) is 2. The molecule has 8 nitrogen and oxygen atoms in total. The van der Waals surface area contributed by atoms with Crippen LogP contribution in [0.2, 0.25) is 0 Å². The molecule has 0 amide bonds. The Balaban J connectivity index is 1.84. The highest BCUT2D eigenvalue weighted by Crippen LogP contribution is 2.27. The first-order chi connectivity index (χ1) is 13.6. The summed E-state index contributed by atoms with van der Waals surface area (Å²) >= 11 is 0. The molecule has 1 atom stereocenters. The van der Waals surface area contributed by atoms with Crippen LogP contribution < -0.4 is 0 Å². The second-order valence-electron chi connectivity index (χ2n) is 6.31. The number of nitro benzene ring substituents is 1. The number of hydrogen-bond acceptors (Lipinski definition) is 7. The molecule has 0 saturated carbocycles. The molecule has 2 heterocycles. The SMILES string of the molecule is CCOC(=O)c1cc(-c2ccc([N+](=O)[O-])cc2)c(CCOC2CCCO2)cn1. The Morgan fingerprint density at radius 2 is 2.14 bits per heavy atom. The normalized spacial score (nSPS) is 16.1. The Morgan fingerprint density at radius 1 is 1.36 bits per heavy atom. The van der Waals surface area contributed by atoms with Gasteiger partial charge in [-0.2, -0.15) is 0 Å². The van der Waals surface area contributed by atoms with Gasteiger partial charge >= 0.3 is 5.97 Å². The van der Waals surface area contributed by atoms with Crippen LogP contribution in [0.25, 0.3) is 11.1 Å². The van der Waals surface area contributed by atoms with E-state index in [4.69, 9.17) is 14.2 Å². The minimum absolute atomic E-state index is 0.00619. The molecule has 1 aromatic heterocycles. The van der Waals surface area contributed by atoms with Gasteiger partial charge in [0.1, 0.15) is 5.69 Å². The number of carbonyl (C=O) groups excluding carboxylic acids is 1. The lowest BCUT2D eigenvalue weighted by Crippen LogP contribution is -2.13. The zero-order valence-corrected chi connectivity index (χ0v) is 15.6. The fraction of sp³-hybridized carbons (Fsp3) is 0.400. The van der Waals surface area contributed by atoms with Gasteiger partial charge in [0, 0.05) is 31.4 Å². The van der Waals surface area contributed by atoms with Crippen LogP contribution in [0, 0.1) is 10.1 Å². The van der Waals surface area contributed by atoms with Crippen molar-refractivity contribution in [1.29, 1.82) is 0 Å². The second kappa shape index (κ2) is 9.38. The highest BCUT2D eigenvalue weighted by Gasteiger charge is 2.17. The number of esters is 1. The van der Waals surface area contributed by atoms with Crippen molar-refractivity contribution in [3.63, 3.8) is 0 Å². The lowest BCUT2D eigenvalue weighted by atomic mass is 9.98. The fourth-order valence-electron chi connectivity index (χ4n) is 3.01. The van der Waals surface area contributed by atoms with Gasteiger partial charge in [0.2, 0.25) is 0 Å². The van der Waals surface area contributed by atoms with E-state index in [1.165, 1.54) is 12.1 Å². The largest absolute Gasteiger partial charge is 0.461 e. The lowest BCUT2D eigenvalue weighted by Gasteiger charge is -2.14. The molecule has 28 heavy (non-hydrogen) atoms. The van der Waals surface area contributed by atoms with Crippen LogP contribution in [0.4, 0.5) is 5.69 Å². The Labute approximate surface area is 162 Å². The number of hydrogen-bond donors (Lipinski definition) is 0. The molecule has 1 fully saturated rings. The van der Waals surface area contributed by atoms with E-state index in [1.54, 1.807) is 31.3 Å². The smallest absolute Gasteiger partial charge is 0.356 e. The van der Waals surface area contributed by atoms with Gasteiger partial charge in [0.15, 0.2) is 6.29 Å². The number of non-ortho nitro benzene ring substituents is 1. The second-order valence-corrected chi connectivity index (χ2v) is 6.31. The minimum Gasteiger partial charge on any atom is -0.461 e. The number of carbonyl (C=O) groups is 1. The molecule has 0 radical (unpaired) electrons. The van der Waals surface area contributed by atoms with Crippen LogP contribution >= 0.6 is 0 Å². The standard InChI is InChI=1S/C20H22N2O6/c1-2-26-20(23)18-12-17(14-5-7-16(8-6-14)22(24)25)15(13-21-18)9-11-28-19-4-3-10-27-19/h5-8,12-13,19H,2-4,9-11H2,1H3. The average Bonchev–Trinajstić information content (AvgIpc) is 3.22. The number of ether oxygens (including phenoxy) is 3. The van der Waals surface area contributed by atoms with Gasteiger partial charge < -0.3 is 14.2 Å². The molecule has 0 spiro atoms. The van der Waals surface area contributed by atoms with Crippen LogP contribution in [0.5, 0.6) is 0 Å². The van der Waals surface area contributed by atoms with Crippen molar-refractivity contribution in [2.45, 2.75) is 32.5 Å². The Morgan fingerprint density at radius 3 is 2.79 bits per heavy atom. The summed E-state index contributed by atoms with van der Waals surface area (Å²) in [6, 6.07) is 7.85. The summed E-state index contributed by atoms with van der Waals surface area (Å²) in [5.74, 6) is -0.507. The van der Waals surface area contributed by atoms with E-state index in [2.05, 4.69) is 4.98 Å². The van der Waals surface area contributed by atoms with Crippen molar-refractivity contribution < 1.29 is 23.9 Å². The Bertz CT molecular complexity index is 831. The van der Waals surface area contributed by atoms with Gasteiger partial charge in [-0.15, -0.1) is 0 Å². The third-order valence-electron chi connectivity index (χ3n) is 4.42. The third kappa shape index (κ3) is 4.90. The zero-order valence-electron chi connectivity index (χ0n) is 15.6. The molecule has 1 aromatic carbocycles. The fourth-order valence-corrected chi connectivity index (χ4v) is 3.01. The van der Waals surface area contributed by atoms with E-state index in [-0.39, 0.29) is 24.3 Å². The van der Waals surface area contributed by atoms with E-state index in [9.17, 15) is 14.9 Å². The zero-order chi connectivity index (χ0) is 19.9. The first-order valence-corrected chi connectivity index (χ1v) is 9.22. The summed E-state index contributed by atoms with van der Waals surface area (Å²) in [6.07, 6.45) is 3.91. The predicted octanol–water partition coefficient (Wildman–Crippen LogP) is 3.53. The van der Waals surface area contributed by atoms with Gasteiger partial charge in [-0.05, 0) is 54.7 Å². The Kier molecular flexibility index (Phi) is 6.67. The summed E-state index contributed by atoms with van der Waals surface area (Å²) < 4.78 is 16.2. The third-order valence-corrected chi connectivity index (χ3v) is 4.42. The van der Waals surface area contributed by atoms with E-state index in [1.807, 2.05) is 0 Å². The monoisotopic (exact) mass is 386 g/mol. The number of pyridine rings is 1. The van der Waals surface area contributed by atoms with Crippen LogP contribution in [0.1, 0.15) is 35.8 Å². The molecule has 8 heteroatoms. The van der Waals surface area contributed by atoms with E-state index in [0.717, 1.165) is 29.5 Å². The first-order valence-electron chi connectivity index (χ1n) is 9.22. The quantitative estimate of drug-likeness (QED) is 0.388. The van der Waals surface area contributed by atoms with Crippen LogP contribution in [0.3, 0.4) is 0 Å². The summed E-state index contributed by atoms with van der Waals surface area (Å²) in [6.45, 7) is 3.15. The lowest BCUT2D eigenvalue weighted by molar-refractivity contribution is -0.384. The Hall–Kier alpha value is -2.84. The molecule has 1 aliphatic heterocycles. The number of benzene rings is 1.